The molecule has 41 heavy (non-hydrogen) atoms. The van der Waals surface area contributed by atoms with Gasteiger partial charge in [0, 0.05) is 52.4 Å². The number of carbonyl (C=O) groups excluding carboxylic acids is 5. The van der Waals surface area contributed by atoms with Crippen LogP contribution in [-0.4, -0.2) is 71.6 Å². The van der Waals surface area contributed by atoms with Crippen molar-refractivity contribution in [3.8, 4) is 0 Å². The van der Waals surface area contributed by atoms with Crippen LogP contribution in [0, 0.1) is 23.7 Å². The van der Waals surface area contributed by atoms with E-state index in [-0.39, 0.29) is 12.3 Å². The van der Waals surface area contributed by atoms with Crippen LogP contribution in [0.3, 0.4) is 0 Å². The lowest BCUT2D eigenvalue weighted by molar-refractivity contribution is -0.248. The Labute approximate surface area is 241 Å². The third-order valence-electron chi connectivity index (χ3n) is 8.62. The van der Waals surface area contributed by atoms with Crippen molar-refractivity contribution in [2.75, 3.05) is 0 Å². The smallest absolute Gasteiger partial charge is 0.303 e. The van der Waals surface area contributed by atoms with Crippen molar-refractivity contribution in [3.63, 3.8) is 0 Å². The number of hydrogen-bond donors (Lipinski definition) is 0. The van der Waals surface area contributed by atoms with Crippen molar-refractivity contribution in [3.05, 3.63) is 11.6 Å². The second kappa shape index (κ2) is 12.1. The Morgan fingerprint density at radius 2 is 1.41 bits per heavy atom. The van der Waals surface area contributed by atoms with Gasteiger partial charge in [0.25, 0.3) is 0 Å². The van der Waals surface area contributed by atoms with E-state index in [1.54, 1.807) is 13.8 Å². The van der Waals surface area contributed by atoms with Gasteiger partial charge >= 0.3 is 29.8 Å². The van der Waals surface area contributed by atoms with E-state index in [9.17, 15) is 24.0 Å². The molecule has 0 amide bonds. The third kappa shape index (κ3) is 6.60. The first-order chi connectivity index (χ1) is 18.9. The maximum absolute atomic E-state index is 12.6. The van der Waals surface area contributed by atoms with Crippen LogP contribution in [-0.2, 0) is 52.4 Å². The van der Waals surface area contributed by atoms with Gasteiger partial charge in [-0.15, -0.1) is 0 Å². The van der Waals surface area contributed by atoms with Gasteiger partial charge in [0.05, 0.1) is 6.10 Å². The highest BCUT2D eigenvalue weighted by Gasteiger charge is 2.71. The molecule has 1 saturated carbocycles. The van der Waals surface area contributed by atoms with Gasteiger partial charge in [-0.2, -0.15) is 0 Å². The average molecular weight is 581 g/mol. The molecule has 10 atom stereocenters. The van der Waals surface area contributed by atoms with Gasteiger partial charge in [0.2, 0.25) is 0 Å². The maximum atomic E-state index is 12.6. The number of carbonyl (C=O) groups is 5. The van der Waals surface area contributed by atoms with E-state index in [0.29, 0.717) is 12.0 Å². The van der Waals surface area contributed by atoms with E-state index in [2.05, 4.69) is 0 Å². The summed E-state index contributed by atoms with van der Waals surface area (Å²) in [7, 11) is 0. The number of ether oxygens (including phenoxy) is 6. The van der Waals surface area contributed by atoms with E-state index in [1.807, 2.05) is 26.8 Å². The van der Waals surface area contributed by atoms with E-state index < -0.39 is 89.3 Å². The molecule has 0 aromatic rings. The van der Waals surface area contributed by atoms with E-state index >= 15 is 0 Å². The standard InChI is InChI=1S/C30H44O11/c1-14(2)23-24-25(30(10,41-20(8)35)28(38-18(6)33)26(23)37-17(5)32)22-13-15(3)21(36-16(4)31)11-12-29(9,27(24)39-22)40-19(7)34/h13-14,21-28H,11-12H2,1-10H3/b15-13-. The zero-order valence-corrected chi connectivity index (χ0v) is 25.7. The van der Waals surface area contributed by atoms with Crippen molar-refractivity contribution >= 4 is 29.8 Å². The molecule has 0 N–H and O–H groups in total. The normalized spacial score (nSPS) is 39.5. The molecule has 0 aromatic heterocycles. The minimum atomic E-state index is -1.52. The van der Waals surface area contributed by atoms with Crippen molar-refractivity contribution in [1.82, 2.24) is 0 Å². The highest BCUT2D eigenvalue weighted by Crippen LogP contribution is 2.59. The largest absolute Gasteiger partial charge is 0.458 e. The van der Waals surface area contributed by atoms with E-state index in [0.717, 1.165) is 0 Å². The van der Waals surface area contributed by atoms with Gasteiger partial charge in [-0.05, 0) is 45.1 Å². The lowest BCUT2D eigenvalue weighted by Crippen LogP contribution is -2.69. The Hall–Kier alpha value is -2.95. The molecule has 230 valence electrons. The van der Waals surface area contributed by atoms with Gasteiger partial charge in [-0.25, -0.2) is 0 Å². The summed E-state index contributed by atoms with van der Waals surface area (Å²) in [6.07, 6.45) is -1.71. The first-order valence-corrected chi connectivity index (χ1v) is 14.2. The zero-order valence-electron chi connectivity index (χ0n) is 25.7. The topological polar surface area (TPSA) is 141 Å². The molecule has 11 nitrogen and oxygen atoms in total. The lowest BCUT2D eigenvalue weighted by atomic mass is 9.55. The van der Waals surface area contributed by atoms with Gasteiger partial charge in [-0.1, -0.05) is 19.9 Å². The fourth-order valence-corrected chi connectivity index (χ4v) is 7.43. The minimum absolute atomic E-state index is 0.125. The van der Waals surface area contributed by atoms with Gasteiger partial charge in [0.1, 0.15) is 23.9 Å². The Morgan fingerprint density at radius 3 is 1.90 bits per heavy atom. The summed E-state index contributed by atoms with van der Waals surface area (Å²) in [5.41, 5.74) is -1.99. The SMILES string of the molecule is CC(=O)OC1CCC(C)(OC(C)=O)C2OC(/C=C\1C)C1C2C(C(C)C)C(OC(C)=O)C(OC(C)=O)C1(C)OC(C)=O. The van der Waals surface area contributed by atoms with Crippen LogP contribution >= 0.6 is 0 Å². The van der Waals surface area contributed by atoms with Crippen LogP contribution < -0.4 is 0 Å². The summed E-state index contributed by atoms with van der Waals surface area (Å²) < 4.78 is 36.2. The van der Waals surface area contributed by atoms with Gasteiger partial charge < -0.3 is 28.4 Å². The van der Waals surface area contributed by atoms with Crippen molar-refractivity contribution in [2.45, 2.75) is 124 Å². The van der Waals surface area contributed by atoms with Gasteiger partial charge in [-0.3, -0.25) is 24.0 Å². The summed E-state index contributed by atoms with van der Waals surface area (Å²) in [5, 5.41) is 0. The average Bonchev–Trinajstić information content (AvgIpc) is 3.18. The quantitative estimate of drug-likeness (QED) is 0.259. The molecule has 11 heteroatoms. The monoisotopic (exact) mass is 580 g/mol. The summed E-state index contributed by atoms with van der Waals surface area (Å²) in [4.78, 5) is 61.9. The van der Waals surface area contributed by atoms with Crippen LogP contribution in [0.4, 0.5) is 0 Å². The molecule has 1 saturated heterocycles. The molecule has 0 spiro atoms. The first-order valence-electron chi connectivity index (χ1n) is 14.2. The number of rotatable bonds is 6. The predicted octanol–water partition coefficient (Wildman–Crippen LogP) is 3.45. The van der Waals surface area contributed by atoms with Crippen LogP contribution in [0.1, 0.15) is 82.1 Å². The fourth-order valence-electron chi connectivity index (χ4n) is 7.43. The van der Waals surface area contributed by atoms with Crippen molar-refractivity contribution in [1.29, 1.82) is 0 Å². The zero-order chi connectivity index (χ0) is 31.0. The van der Waals surface area contributed by atoms with Gasteiger partial charge in [0.15, 0.2) is 11.7 Å². The van der Waals surface area contributed by atoms with Crippen LogP contribution in [0.25, 0.3) is 0 Å². The summed E-state index contributed by atoms with van der Waals surface area (Å²) in [6.45, 7) is 15.6. The Kier molecular flexibility index (Phi) is 9.62. The van der Waals surface area contributed by atoms with E-state index in [4.69, 9.17) is 28.4 Å². The predicted molar refractivity (Wildman–Crippen MR) is 144 cm³/mol. The number of hydrogen-bond acceptors (Lipinski definition) is 11. The van der Waals surface area contributed by atoms with Crippen molar-refractivity contribution in [2.24, 2.45) is 23.7 Å². The summed E-state index contributed by atoms with van der Waals surface area (Å²) in [6, 6.07) is 0. The molecule has 2 heterocycles. The van der Waals surface area contributed by atoms with Crippen molar-refractivity contribution < 1.29 is 52.4 Å². The van der Waals surface area contributed by atoms with Crippen LogP contribution in [0.15, 0.2) is 11.6 Å². The molecular weight excluding hydrogens is 536 g/mol. The molecule has 3 rings (SSSR count). The summed E-state index contributed by atoms with van der Waals surface area (Å²) >= 11 is 0. The minimum Gasteiger partial charge on any atom is -0.458 e. The maximum Gasteiger partial charge on any atom is 0.303 e. The Balaban J connectivity index is 2.36. The molecule has 2 fully saturated rings. The molecule has 2 aliphatic heterocycles. The molecular formula is C30H44O11. The van der Waals surface area contributed by atoms with Crippen LogP contribution in [0.2, 0.25) is 0 Å². The third-order valence-corrected chi connectivity index (χ3v) is 8.62. The lowest BCUT2D eigenvalue weighted by Gasteiger charge is -2.55. The molecule has 0 radical (unpaired) electrons. The molecule has 0 aromatic carbocycles. The molecule has 2 bridgehead atoms. The molecule has 10 unspecified atom stereocenters. The first kappa shape index (κ1) is 32.6. The number of esters is 5. The number of fused-ring (bicyclic) bond motifs is 5. The van der Waals surface area contributed by atoms with E-state index in [1.165, 1.54) is 34.6 Å². The highest BCUT2D eigenvalue weighted by molar-refractivity contribution is 5.69. The molecule has 1 aliphatic carbocycles. The second-order valence-corrected chi connectivity index (χ2v) is 12.3. The highest BCUT2D eigenvalue weighted by atomic mass is 16.6. The Bertz CT molecular complexity index is 1100. The Morgan fingerprint density at radius 1 is 0.854 bits per heavy atom. The van der Waals surface area contributed by atoms with Crippen LogP contribution in [0.5, 0.6) is 0 Å². The fraction of sp³-hybridized carbons (Fsp3) is 0.767. The molecule has 3 aliphatic rings. The summed E-state index contributed by atoms with van der Waals surface area (Å²) in [5.74, 6) is -4.48. The second-order valence-electron chi connectivity index (χ2n) is 12.3.